The normalized spacial score (nSPS) is 16.6. The van der Waals surface area contributed by atoms with Crippen LogP contribution < -0.4 is 5.73 Å². The summed E-state index contributed by atoms with van der Waals surface area (Å²) in [5, 5.41) is 11.1. The zero-order valence-electron chi connectivity index (χ0n) is 15.7. The summed E-state index contributed by atoms with van der Waals surface area (Å²) in [5.41, 5.74) is 11.5. The van der Waals surface area contributed by atoms with Gasteiger partial charge < -0.3 is 10.8 Å². The quantitative estimate of drug-likeness (QED) is 0.545. The molecule has 0 aromatic heterocycles. The predicted molar refractivity (Wildman–Crippen MR) is 113 cm³/mol. The molecule has 0 unspecified atom stereocenters. The number of hydrogen-bond donors (Lipinski definition) is 2. The highest BCUT2D eigenvalue weighted by atomic mass is 16.3. The van der Waals surface area contributed by atoms with Gasteiger partial charge in [-0.1, -0.05) is 86.3 Å². The summed E-state index contributed by atoms with van der Waals surface area (Å²) in [6.07, 6.45) is 6.85. The molecule has 0 saturated heterocycles. The van der Waals surface area contributed by atoms with Crippen LogP contribution in [-0.2, 0) is 5.54 Å². The molecule has 0 radical (unpaired) electrons. The molecule has 138 valence electrons. The molecule has 0 aliphatic heterocycles. The van der Waals surface area contributed by atoms with Gasteiger partial charge in [-0.3, -0.25) is 0 Å². The topological polar surface area (TPSA) is 46.2 Å². The molecule has 1 aliphatic carbocycles. The van der Waals surface area contributed by atoms with Gasteiger partial charge in [-0.05, 0) is 41.7 Å². The lowest BCUT2D eigenvalue weighted by molar-refractivity contribution is 0.385. The fraction of sp³-hybridized carbons (Fsp3) is 0.280. The Bertz CT molecular complexity index is 834. The zero-order valence-corrected chi connectivity index (χ0v) is 15.7. The van der Waals surface area contributed by atoms with Crippen molar-refractivity contribution in [1.82, 2.24) is 0 Å². The number of phenols is 1. The van der Waals surface area contributed by atoms with E-state index < -0.39 is 0 Å². The Balaban J connectivity index is 1.91. The molecule has 1 saturated carbocycles. The summed E-state index contributed by atoms with van der Waals surface area (Å²) >= 11 is 0. The summed E-state index contributed by atoms with van der Waals surface area (Å²) in [6.45, 7) is 0. The van der Waals surface area contributed by atoms with Crippen LogP contribution in [0.4, 0.5) is 0 Å². The molecular formula is C25H27NO. The van der Waals surface area contributed by atoms with Crippen molar-refractivity contribution in [3.63, 3.8) is 0 Å². The summed E-state index contributed by atoms with van der Waals surface area (Å²) < 4.78 is 0. The molecule has 2 nitrogen and oxygen atoms in total. The fourth-order valence-corrected chi connectivity index (χ4v) is 4.25. The standard InChI is InChI=1S/C25H27NO/c26-25(15-9-1-2-10-16-25)21-17-22(19-11-5-3-6-12-19)24(27)23(18-21)20-13-7-4-8-14-20/h3-8,11-14,17-18,27H,1-2,9-10,15-16,26H2. The van der Waals surface area contributed by atoms with E-state index in [4.69, 9.17) is 5.73 Å². The van der Waals surface area contributed by atoms with E-state index in [-0.39, 0.29) is 5.54 Å². The lowest BCUT2D eigenvalue weighted by Crippen LogP contribution is -2.36. The van der Waals surface area contributed by atoms with E-state index in [1.807, 2.05) is 60.7 Å². The molecule has 3 aromatic rings. The third-order valence-electron chi connectivity index (χ3n) is 5.85. The van der Waals surface area contributed by atoms with Gasteiger partial charge in [0, 0.05) is 16.7 Å². The number of rotatable bonds is 3. The SMILES string of the molecule is NC1(c2cc(-c3ccccc3)c(O)c(-c3ccccc3)c2)CCCCCC1. The van der Waals surface area contributed by atoms with Crippen LogP contribution in [-0.4, -0.2) is 5.11 Å². The van der Waals surface area contributed by atoms with E-state index in [0.717, 1.165) is 40.7 Å². The first-order valence-electron chi connectivity index (χ1n) is 9.95. The molecule has 0 amide bonds. The summed E-state index contributed by atoms with van der Waals surface area (Å²) in [6, 6.07) is 24.4. The summed E-state index contributed by atoms with van der Waals surface area (Å²) in [4.78, 5) is 0. The lowest BCUT2D eigenvalue weighted by atomic mass is 9.80. The van der Waals surface area contributed by atoms with E-state index in [1.54, 1.807) is 0 Å². The van der Waals surface area contributed by atoms with Gasteiger partial charge in [-0.2, -0.15) is 0 Å². The van der Waals surface area contributed by atoms with Crippen molar-refractivity contribution in [2.75, 3.05) is 0 Å². The maximum atomic E-state index is 11.1. The molecule has 0 bridgehead atoms. The van der Waals surface area contributed by atoms with Crippen molar-refractivity contribution < 1.29 is 5.11 Å². The minimum absolute atomic E-state index is 0.322. The molecule has 0 spiro atoms. The third-order valence-corrected chi connectivity index (χ3v) is 5.85. The van der Waals surface area contributed by atoms with Gasteiger partial charge >= 0.3 is 0 Å². The second kappa shape index (κ2) is 7.58. The monoisotopic (exact) mass is 357 g/mol. The molecule has 2 heteroatoms. The largest absolute Gasteiger partial charge is 0.507 e. The van der Waals surface area contributed by atoms with Crippen molar-refractivity contribution in [1.29, 1.82) is 0 Å². The number of aromatic hydroxyl groups is 1. The molecule has 4 rings (SSSR count). The van der Waals surface area contributed by atoms with Crippen molar-refractivity contribution in [3.05, 3.63) is 78.4 Å². The van der Waals surface area contributed by atoms with E-state index in [2.05, 4.69) is 12.1 Å². The van der Waals surface area contributed by atoms with Gasteiger partial charge in [0.2, 0.25) is 0 Å². The average molecular weight is 357 g/mol. The first-order chi connectivity index (χ1) is 13.2. The van der Waals surface area contributed by atoms with E-state index >= 15 is 0 Å². The fourth-order valence-electron chi connectivity index (χ4n) is 4.25. The molecule has 1 fully saturated rings. The van der Waals surface area contributed by atoms with Gasteiger partial charge in [0.15, 0.2) is 0 Å². The van der Waals surface area contributed by atoms with Crippen molar-refractivity contribution >= 4 is 0 Å². The van der Waals surface area contributed by atoms with Gasteiger partial charge in [0.05, 0.1) is 0 Å². The van der Waals surface area contributed by atoms with E-state index in [9.17, 15) is 5.11 Å². The Hall–Kier alpha value is -2.58. The molecule has 3 aromatic carbocycles. The van der Waals surface area contributed by atoms with Crippen LogP contribution in [0.3, 0.4) is 0 Å². The maximum Gasteiger partial charge on any atom is 0.131 e. The highest BCUT2D eigenvalue weighted by Gasteiger charge is 2.30. The van der Waals surface area contributed by atoms with Crippen molar-refractivity contribution in [2.45, 2.75) is 44.1 Å². The Morgan fingerprint density at radius 1 is 0.667 bits per heavy atom. The minimum atomic E-state index is -0.322. The Morgan fingerprint density at radius 3 is 1.56 bits per heavy atom. The van der Waals surface area contributed by atoms with Crippen LogP contribution >= 0.6 is 0 Å². The number of hydrogen-bond acceptors (Lipinski definition) is 2. The molecule has 27 heavy (non-hydrogen) atoms. The third kappa shape index (κ3) is 3.63. The van der Waals surface area contributed by atoms with Gasteiger partial charge in [0.1, 0.15) is 5.75 Å². The van der Waals surface area contributed by atoms with E-state index in [0.29, 0.717) is 5.75 Å². The van der Waals surface area contributed by atoms with Crippen molar-refractivity contribution in [2.24, 2.45) is 5.73 Å². The number of phenolic OH excluding ortho intramolecular Hbond substituents is 1. The van der Waals surface area contributed by atoms with Crippen molar-refractivity contribution in [3.8, 4) is 28.0 Å². The summed E-state index contributed by atoms with van der Waals surface area (Å²) in [7, 11) is 0. The van der Waals surface area contributed by atoms with Crippen LogP contribution in [0.15, 0.2) is 72.8 Å². The molecule has 1 aliphatic rings. The molecular weight excluding hydrogens is 330 g/mol. The number of benzene rings is 3. The van der Waals surface area contributed by atoms with Gasteiger partial charge in [-0.25, -0.2) is 0 Å². The second-order valence-corrected chi connectivity index (χ2v) is 7.72. The van der Waals surface area contributed by atoms with Crippen LogP contribution in [0, 0.1) is 0 Å². The predicted octanol–water partition coefficient (Wildman–Crippen LogP) is 6.23. The highest BCUT2D eigenvalue weighted by molar-refractivity contribution is 5.83. The van der Waals surface area contributed by atoms with Gasteiger partial charge in [0.25, 0.3) is 0 Å². The molecule has 3 N–H and O–H groups in total. The first kappa shape index (κ1) is 17.8. The minimum Gasteiger partial charge on any atom is -0.507 e. The van der Waals surface area contributed by atoms with Gasteiger partial charge in [-0.15, -0.1) is 0 Å². The first-order valence-corrected chi connectivity index (χ1v) is 9.95. The Morgan fingerprint density at radius 2 is 1.11 bits per heavy atom. The van der Waals surface area contributed by atoms with Crippen LogP contribution in [0.2, 0.25) is 0 Å². The molecule has 0 heterocycles. The van der Waals surface area contributed by atoms with E-state index in [1.165, 1.54) is 25.7 Å². The Labute approximate surface area is 161 Å². The average Bonchev–Trinajstić information content (AvgIpc) is 2.95. The smallest absolute Gasteiger partial charge is 0.131 e. The van der Waals surface area contributed by atoms with Crippen LogP contribution in [0.1, 0.15) is 44.1 Å². The Kier molecular flexibility index (Phi) is 5.00. The highest BCUT2D eigenvalue weighted by Crippen LogP contribution is 2.43. The lowest BCUT2D eigenvalue weighted by Gasteiger charge is -2.30. The molecule has 0 atom stereocenters. The summed E-state index contributed by atoms with van der Waals surface area (Å²) in [5.74, 6) is 0.327. The zero-order chi connectivity index (χ0) is 18.7. The number of nitrogens with two attached hydrogens (primary N) is 1. The maximum absolute atomic E-state index is 11.1. The second-order valence-electron chi connectivity index (χ2n) is 7.72. The van der Waals surface area contributed by atoms with Crippen LogP contribution in [0.5, 0.6) is 5.75 Å². The van der Waals surface area contributed by atoms with Crippen LogP contribution in [0.25, 0.3) is 22.3 Å².